The quantitative estimate of drug-likeness (QED) is 0.381. The van der Waals surface area contributed by atoms with Crippen molar-refractivity contribution < 1.29 is 4.79 Å². The number of rotatable bonds is 9. The Bertz CT molecular complexity index is 317. The van der Waals surface area contributed by atoms with Crippen LogP contribution < -0.4 is 11.1 Å². The lowest BCUT2D eigenvalue weighted by molar-refractivity contribution is -0.117. The van der Waals surface area contributed by atoms with Crippen LogP contribution in [0.25, 0.3) is 0 Å². The maximum Gasteiger partial charge on any atom is 0.246 e. The highest BCUT2D eigenvalue weighted by Gasteiger charge is 2.03. The van der Waals surface area contributed by atoms with Gasteiger partial charge in [-0.3, -0.25) is 4.79 Å². The highest BCUT2D eigenvalue weighted by atomic mass is 16.1. The maximum absolute atomic E-state index is 11.8. The minimum atomic E-state index is -0.0163. The molecule has 0 radical (unpaired) electrons. The zero-order valence-electron chi connectivity index (χ0n) is 13.0. The summed E-state index contributed by atoms with van der Waals surface area (Å²) >= 11 is 0. The second-order valence-corrected chi connectivity index (χ2v) is 5.47. The van der Waals surface area contributed by atoms with E-state index < -0.39 is 0 Å². The van der Waals surface area contributed by atoms with Crippen molar-refractivity contribution in [1.29, 1.82) is 0 Å². The molecule has 0 saturated carbocycles. The van der Waals surface area contributed by atoms with Crippen molar-refractivity contribution in [2.24, 2.45) is 11.7 Å². The molecule has 0 spiro atoms. The van der Waals surface area contributed by atoms with Gasteiger partial charge < -0.3 is 11.1 Å². The first-order chi connectivity index (χ1) is 8.97. The summed E-state index contributed by atoms with van der Waals surface area (Å²) in [5.41, 5.74) is 7.16. The first kappa shape index (κ1) is 17.8. The predicted octanol–water partition coefficient (Wildman–Crippen LogP) is 3.52. The molecular formula is C16H30N2O. The summed E-state index contributed by atoms with van der Waals surface area (Å²) in [5.74, 6) is 0.721. The Morgan fingerprint density at radius 2 is 2.00 bits per heavy atom. The highest BCUT2D eigenvalue weighted by molar-refractivity contribution is 5.93. The van der Waals surface area contributed by atoms with Crippen LogP contribution in [0.3, 0.4) is 0 Å². The Morgan fingerprint density at radius 3 is 2.58 bits per heavy atom. The van der Waals surface area contributed by atoms with Crippen LogP contribution in [0.4, 0.5) is 0 Å². The topological polar surface area (TPSA) is 55.1 Å². The molecule has 1 amide bonds. The van der Waals surface area contributed by atoms with E-state index in [4.69, 9.17) is 5.73 Å². The van der Waals surface area contributed by atoms with Crippen molar-refractivity contribution in [3.8, 4) is 0 Å². The predicted molar refractivity (Wildman–Crippen MR) is 82.6 cm³/mol. The number of nitrogens with two attached hydrogens (primary N) is 1. The van der Waals surface area contributed by atoms with E-state index in [-0.39, 0.29) is 5.91 Å². The molecule has 0 aliphatic rings. The summed E-state index contributed by atoms with van der Waals surface area (Å²) in [7, 11) is 0. The summed E-state index contributed by atoms with van der Waals surface area (Å²) in [6, 6.07) is 0. The lowest BCUT2D eigenvalue weighted by Crippen LogP contribution is -2.25. The van der Waals surface area contributed by atoms with Gasteiger partial charge in [0.2, 0.25) is 5.91 Å². The molecule has 0 unspecified atom stereocenters. The number of unbranched alkanes of at least 4 members (excludes halogenated alkanes) is 2. The molecule has 0 aromatic rings. The zero-order chi connectivity index (χ0) is 14.7. The minimum Gasteiger partial charge on any atom is -0.399 e. The smallest absolute Gasteiger partial charge is 0.246 e. The molecule has 0 rings (SSSR count). The van der Waals surface area contributed by atoms with Crippen LogP contribution in [0.1, 0.15) is 59.8 Å². The largest absolute Gasteiger partial charge is 0.399 e. The van der Waals surface area contributed by atoms with Crippen molar-refractivity contribution in [2.75, 3.05) is 6.54 Å². The van der Waals surface area contributed by atoms with E-state index in [1.807, 2.05) is 6.08 Å². The van der Waals surface area contributed by atoms with Gasteiger partial charge in [-0.2, -0.15) is 0 Å². The normalized spacial score (nSPS) is 12.9. The van der Waals surface area contributed by atoms with E-state index in [0.717, 1.165) is 31.7 Å². The molecule has 0 heterocycles. The van der Waals surface area contributed by atoms with Gasteiger partial charge in [-0.05, 0) is 31.8 Å². The molecule has 19 heavy (non-hydrogen) atoms. The molecule has 3 heteroatoms. The van der Waals surface area contributed by atoms with Gasteiger partial charge in [0, 0.05) is 17.8 Å². The Morgan fingerprint density at radius 1 is 1.32 bits per heavy atom. The van der Waals surface area contributed by atoms with E-state index >= 15 is 0 Å². The van der Waals surface area contributed by atoms with E-state index in [1.165, 1.54) is 12.8 Å². The molecule has 0 aromatic heterocycles. The Hall–Kier alpha value is -1.25. The molecule has 0 atom stereocenters. The van der Waals surface area contributed by atoms with E-state index in [9.17, 15) is 4.79 Å². The number of carbonyl (C=O) groups is 1. The van der Waals surface area contributed by atoms with Gasteiger partial charge in [0.05, 0.1) is 0 Å². The minimum absolute atomic E-state index is 0.0163. The fourth-order valence-electron chi connectivity index (χ4n) is 1.70. The molecule has 0 bridgehead atoms. The summed E-state index contributed by atoms with van der Waals surface area (Å²) in [5, 5.41) is 2.93. The molecule has 3 N–H and O–H groups in total. The number of carbonyl (C=O) groups excluding carboxylic acids is 1. The zero-order valence-corrected chi connectivity index (χ0v) is 13.0. The average molecular weight is 266 g/mol. The van der Waals surface area contributed by atoms with Crippen molar-refractivity contribution in [2.45, 2.75) is 59.8 Å². The van der Waals surface area contributed by atoms with Crippen molar-refractivity contribution in [3.63, 3.8) is 0 Å². The molecule has 110 valence electrons. The second kappa shape index (κ2) is 10.7. The summed E-state index contributed by atoms with van der Waals surface area (Å²) < 4.78 is 0. The van der Waals surface area contributed by atoms with Crippen LogP contribution in [0.15, 0.2) is 23.4 Å². The Labute approximate surface area is 118 Å². The van der Waals surface area contributed by atoms with Gasteiger partial charge >= 0.3 is 0 Å². The van der Waals surface area contributed by atoms with Crippen molar-refractivity contribution >= 4 is 5.91 Å². The first-order valence-electron chi connectivity index (χ1n) is 7.39. The number of nitrogens with one attached hydrogen (secondary N) is 1. The SMILES string of the molecule is CCC/C=C(N)/C=C(\C)C(=O)NCCCCC(C)C. The summed E-state index contributed by atoms with van der Waals surface area (Å²) in [6.45, 7) is 9.09. The standard InChI is InChI=1S/C16H30N2O/c1-5-6-10-15(17)12-14(4)16(19)18-11-8-7-9-13(2)3/h10,12-13H,5-9,11,17H2,1-4H3,(H,18,19)/b14-12+,15-10-. The van der Waals surface area contributed by atoms with Crippen molar-refractivity contribution in [3.05, 3.63) is 23.4 Å². The van der Waals surface area contributed by atoms with Crippen LogP contribution in [0.5, 0.6) is 0 Å². The fraction of sp³-hybridized carbons (Fsp3) is 0.688. The third-order valence-corrected chi connectivity index (χ3v) is 2.90. The molecule has 0 saturated heterocycles. The van der Waals surface area contributed by atoms with Gasteiger partial charge in [0.1, 0.15) is 0 Å². The van der Waals surface area contributed by atoms with E-state index in [0.29, 0.717) is 11.3 Å². The molecule has 0 aliphatic carbocycles. The third-order valence-electron chi connectivity index (χ3n) is 2.90. The average Bonchev–Trinajstić information content (AvgIpc) is 2.35. The molecule has 0 aliphatic heterocycles. The summed E-state index contributed by atoms with van der Waals surface area (Å²) in [6.07, 6.45) is 9.15. The Kier molecular flexibility index (Phi) is 9.95. The monoisotopic (exact) mass is 266 g/mol. The number of hydrogen-bond donors (Lipinski definition) is 2. The van der Waals surface area contributed by atoms with Gasteiger partial charge in [-0.15, -0.1) is 0 Å². The van der Waals surface area contributed by atoms with Crippen LogP contribution in [0.2, 0.25) is 0 Å². The van der Waals surface area contributed by atoms with Gasteiger partial charge in [-0.1, -0.05) is 46.1 Å². The molecular weight excluding hydrogens is 236 g/mol. The number of amides is 1. The lowest BCUT2D eigenvalue weighted by atomic mass is 10.1. The molecule has 0 aromatic carbocycles. The number of hydrogen-bond acceptors (Lipinski definition) is 2. The van der Waals surface area contributed by atoms with Crippen LogP contribution in [-0.4, -0.2) is 12.5 Å². The van der Waals surface area contributed by atoms with Crippen LogP contribution >= 0.6 is 0 Å². The fourth-order valence-corrected chi connectivity index (χ4v) is 1.70. The lowest BCUT2D eigenvalue weighted by Gasteiger charge is -2.07. The Balaban J connectivity index is 3.96. The maximum atomic E-state index is 11.8. The van der Waals surface area contributed by atoms with Crippen molar-refractivity contribution in [1.82, 2.24) is 5.32 Å². The molecule has 0 fully saturated rings. The van der Waals surface area contributed by atoms with Gasteiger partial charge in [-0.25, -0.2) is 0 Å². The van der Waals surface area contributed by atoms with Gasteiger partial charge in [0.15, 0.2) is 0 Å². The van der Waals surface area contributed by atoms with E-state index in [1.54, 1.807) is 13.0 Å². The van der Waals surface area contributed by atoms with E-state index in [2.05, 4.69) is 26.1 Å². The van der Waals surface area contributed by atoms with Crippen LogP contribution in [-0.2, 0) is 4.79 Å². The summed E-state index contributed by atoms with van der Waals surface area (Å²) in [4.78, 5) is 11.8. The van der Waals surface area contributed by atoms with Gasteiger partial charge in [0.25, 0.3) is 0 Å². The second-order valence-electron chi connectivity index (χ2n) is 5.47. The molecule has 3 nitrogen and oxygen atoms in total. The first-order valence-corrected chi connectivity index (χ1v) is 7.39. The third kappa shape index (κ3) is 10.4. The highest BCUT2D eigenvalue weighted by Crippen LogP contribution is 2.05. The van der Waals surface area contributed by atoms with Crippen LogP contribution in [0, 0.1) is 5.92 Å². The number of allylic oxidation sites excluding steroid dienone is 2.